The lowest BCUT2D eigenvalue weighted by atomic mass is 10.1. The molecule has 0 bridgehead atoms. The van der Waals surface area contributed by atoms with Crippen molar-refractivity contribution >= 4 is 17.6 Å². The summed E-state index contributed by atoms with van der Waals surface area (Å²) in [6, 6.07) is 5.33. The molecule has 36 heavy (non-hydrogen) atoms. The Bertz CT molecular complexity index is 1300. The van der Waals surface area contributed by atoms with Gasteiger partial charge in [-0.2, -0.15) is 18.3 Å². The molecule has 2 aromatic heterocycles. The fraction of sp³-hybridized carbons (Fsp3) is 0.417. The lowest BCUT2D eigenvalue weighted by molar-refractivity contribution is -0.136. The zero-order valence-corrected chi connectivity index (χ0v) is 20.1. The van der Waals surface area contributed by atoms with Gasteiger partial charge < -0.3 is 14.5 Å². The third-order valence-electron chi connectivity index (χ3n) is 5.63. The van der Waals surface area contributed by atoms with Gasteiger partial charge in [0.1, 0.15) is 22.7 Å². The van der Waals surface area contributed by atoms with E-state index in [1.807, 2.05) is 0 Å². The topological polar surface area (TPSA) is 80.0 Å². The average molecular weight is 507 g/mol. The molecule has 1 atom stereocenters. The number of amides is 2. The second kappa shape index (κ2) is 9.07. The van der Waals surface area contributed by atoms with Crippen LogP contribution in [0.1, 0.15) is 43.7 Å². The number of hydrogen-bond acceptors (Lipinski definition) is 5. The van der Waals surface area contributed by atoms with Crippen molar-refractivity contribution in [3.05, 3.63) is 53.6 Å². The third kappa shape index (κ3) is 5.26. The van der Waals surface area contributed by atoms with Crippen LogP contribution in [0.2, 0.25) is 0 Å². The van der Waals surface area contributed by atoms with Gasteiger partial charge in [-0.3, -0.25) is 4.79 Å². The second-order valence-corrected chi connectivity index (χ2v) is 9.62. The van der Waals surface area contributed by atoms with Gasteiger partial charge in [0.05, 0.1) is 11.9 Å². The molecule has 1 aliphatic rings. The highest BCUT2D eigenvalue weighted by atomic mass is 19.4. The number of fused-ring (bicyclic) bond motifs is 1. The fourth-order valence-corrected chi connectivity index (χ4v) is 3.95. The van der Waals surface area contributed by atoms with Crippen LogP contribution < -0.4 is 0 Å². The van der Waals surface area contributed by atoms with Crippen LogP contribution >= 0.6 is 0 Å². The highest BCUT2D eigenvalue weighted by Crippen LogP contribution is 2.34. The van der Waals surface area contributed by atoms with Gasteiger partial charge in [-0.25, -0.2) is 18.7 Å². The largest absolute Gasteiger partial charge is 0.444 e. The molecule has 0 aliphatic carbocycles. The van der Waals surface area contributed by atoms with Gasteiger partial charge in [-0.1, -0.05) is 0 Å². The van der Waals surface area contributed by atoms with Crippen LogP contribution in [0.25, 0.3) is 16.9 Å². The van der Waals surface area contributed by atoms with Gasteiger partial charge in [-0.15, -0.1) is 0 Å². The first-order chi connectivity index (χ1) is 16.7. The van der Waals surface area contributed by atoms with Gasteiger partial charge in [0.25, 0.3) is 5.91 Å². The Morgan fingerprint density at radius 2 is 1.75 bits per heavy atom. The normalized spacial score (nSPS) is 16.9. The Balaban J connectivity index is 1.62. The summed E-state index contributed by atoms with van der Waals surface area (Å²) >= 11 is 0. The summed E-state index contributed by atoms with van der Waals surface area (Å²) in [4.78, 5) is 32.5. The smallest absolute Gasteiger partial charge is 0.420 e. The number of benzene rings is 1. The SMILES string of the molecule is C[C@H]1CN(C(=O)c2cn3nc(-c4ccc(F)cc4)cc(C(F)(F)F)c3n2)CCN1C(=O)OC(C)(C)C. The van der Waals surface area contributed by atoms with E-state index < -0.39 is 40.8 Å². The van der Waals surface area contributed by atoms with Crippen LogP contribution in [-0.2, 0) is 10.9 Å². The Morgan fingerprint density at radius 1 is 1.08 bits per heavy atom. The number of halogens is 4. The molecule has 1 aliphatic heterocycles. The number of ether oxygens (including phenoxy) is 1. The van der Waals surface area contributed by atoms with Crippen LogP contribution in [0, 0.1) is 5.82 Å². The molecule has 192 valence electrons. The number of rotatable bonds is 2. The Morgan fingerprint density at radius 3 is 2.33 bits per heavy atom. The van der Waals surface area contributed by atoms with E-state index in [9.17, 15) is 27.2 Å². The minimum absolute atomic E-state index is 0.0502. The minimum atomic E-state index is -4.77. The second-order valence-electron chi connectivity index (χ2n) is 9.62. The quantitative estimate of drug-likeness (QED) is 0.473. The van der Waals surface area contributed by atoms with Gasteiger partial charge in [0.15, 0.2) is 5.65 Å². The molecule has 4 rings (SSSR count). The van der Waals surface area contributed by atoms with Crippen molar-refractivity contribution in [1.29, 1.82) is 0 Å². The number of aromatic nitrogens is 3. The molecule has 12 heteroatoms. The predicted molar refractivity (Wildman–Crippen MR) is 122 cm³/mol. The van der Waals surface area contributed by atoms with Crippen molar-refractivity contribution in [2.24, 2.45) is 0 Å². The molecular formula is C24H25F4N5O3. The Kier molecular flexibility index (Phi) is 6.40. The van der Waals surface area contributed by atoms with Crippen molar-refractivity contribution in [3.8, 4) is 11.3 Å². The third-order valence-corrected chi connectivity index (χ3v) is 5.63. The zero-order valence-electron chi connectivity index (χ0n) is 20.1. The molecule has 0 unspecified atom stereocenters. The standard InChI is InChI=1S/C24H25F4N5O3/c1-14-12-31(9-10-32(14)22(35)36-23(2,3)4)21(34)19-13-33-20(29-19)17(24(26,27)28)11-18(30-33)15-5-7-16(25)8-6-15/h5-8,11,13-14H,9-10,12H2,1-4H3/t14-/m0/s1. The van der Waals surface area contributed by atoms with Crippen LogP contribution in [0.3, 0.4) is 0 Å². The maximum atomic E-state index is 13.8. The number of alkyl halides is 3. The summed E-state index contributed by atoms with van der Waals surface area (Å²) in [5, 5.41) is 4.17. The van der Waals surface area contributed by atoms with Gasteiger partial charge in [0, 0.05) is 31.2 Å². The molecule has 0 radical (unpaired) electrons. The lowest BCUT2D eigenvalue weighted by Gasteiger charge is -2.40. The number of hydrogen-bond donors (Lipinski definition) is 0. The molecule has 8 nitrogen and oxygen atoms in total. The zero-order chi connectivity index (χ0) is 26.4. The van der Waals surface area contributed by atoms with E-state index in [1.165, 1.54) is 21.9 Å². The first-order valence-corrected chi connectivity index (χ1v) is 11.3. The molecule has 3 aromatic rings. The summed E-state index contributed by atoms with van der Waals surface area (Å²) < 4.78 is 61.1. The van der Waals surface area contributed by atoms with E-state index in [2.05, 4.69) is 10.1 Å². The number of nitrogens with zero attached hydrogens (tertiary/aromatic N) is 5. The van der Waals surface area contributed by atoms with Crippen LogP contribution in [0.15, 0.2) is 36.5 Å². The average Bonchev–Trinajstić information content (AvgIpc) is 3.20. The number of carbonyl (C=O) groups excluding carboxylic acids is 2. The van der Waals surface area contributed by atoms with E-state index in [1.54, 1.807) is 27.7 Å². The molecule has 0 spiro atoms. The molecule has 2 amide bonds. The number of imidazole rings is 1. The number of piperazine rings is 1. The Hall–Kier alpha value is -3.70. The minimum Gasteiger partial charge on any atom is -0.444 e. The van der Waals surface area contributed by atoms with E-state index in [0.29, 0.717) is 0 Å². The Labute approximate surface area is 204 Å². The van der Waals surface area contributed by atoms with Crippen molar-refractivity contribution in [2.45, 2.75) is 45.5 Å². The van der Waals surface area contributed by atoms with E-state index in [-0.39, 0.29) is 42.6 Å². The maximum Gasteiger partial charge on any atom is 0.420 e. The molecule has 1 saturated heterocycles. The van der Waals surface area contributed by atoms with Crippen molar-refractivity contribution < 1.29 is 31.9 Å². The first kappa shape index (κ1) is 25.4. The summed E-state index contributed by atoms with van der Waals surface area (Å²) in [5.41, 5.74) is -2.24. The molecular weight excluding hydrogens is 482 g/mol. The molecule has 3 heterocycles. The van der Waals surface area contributed by atoms with Crippen molar-refractivity contribution in [2.75, 3.05) is 19.6 Å². The number of carbonyl (C=O) groups is 2. The van der Waals surface area contributed by atoms with E-state index in [4.69, 9.17) is 4.74 Å². The van der Waals surface area contributed by atoms with Crippen LogP contribution in [-0.4, -0.2) is 67.7 Å². The summed E-state index contributed by atoms with van der Waals surface area (Å²) in [7, 11) is 0. The first-order valence-electron chi connectivity index (χ1n) is 11.3. The monoisotopic (exact) mass is 507 g/mol. The summed E-state index contributed by atoms with van der Waals surface area (Å²) in [6.45, 7) is 7.54. The highest BCUT2D eigenvalue weighted by molar-refractivity contribution is 5.93. The molecule has 1 aromatic carbocycles. The van der Waals surface area contributed by atoms with Crippen LogP contribution in [0.4, 0.5) is 22.4 Å². The highest BCUT2D eigenvalue weighted by Gasteiger charge is 2.37. The molecule has 1 fully saturated rings. The van der Waals surface area contributed by atoms with E-state index in [0.717, 1.165) is 28.9 Å². The summed E-state index contributed by atoms with van der Waals surface area (Å²) in [5.74, 6) is -1.11. The van der Waals surface area contributed by atoms with Crippen molar-refractivity contribution in [1.82, 2.24) is 24.4 Å². The van der Waals surface area contributed by atoms with Gasteiger partial charge >= 0.3 is 12.3 Å². The summed E-state index contributed by atoms with van der Waals surface area (Å²) in [6.07, 6.45) is -4.12. The van der Waals surface area contributed by atoms with Gasteiger partial charge in [0.2, 0.25) is 0 Å². The lowest BCUT2D eigenvalue weighted by Crippen LogP contribution is -2.56. The van der Waals surface area contributed by atoms with E-state index >= 15 is 0 Å². The predicted octanol–water partition coefficient (Wildman–Crippen LogP) is 4.64. The molecule has 0 N–H and O–H groups in total. The maximum absolute atomic E-state index is 13.8. The molecule has 0 saturated carbocycles. The fourth-order valence-electron chi connectivity index (χ4n) is 3.95. The van der Waals surface area contributed by atoms with Crippen LogP contribution in [0.5, 0.6) is 0 Å². The van der Waals surface area contributed by atoms with Gasteiger partial charge in [-0.05, 0) is 58.0 Å². The van der Waals surface area contributed by atoms with Crippen molar-refractivity contribution in [3.63, 3.8) is 0 Å².